The first-order valence-electron chi connectivity index (χ1n) is 5.06. The predicted molar refractivity (Wildman–Crippen MR) is 60.2 cm³/mol. The van der Waals surface area contributed by atoms with E-state index in [0.29, 0.717) is 17.1 Å². The molecule has 84 valence electrons. The van der Waals surface area contributed by atoms with Crippen LogP contribution in [0.25, 0.3) is 11.3 Å². The third kappa shape index (κ3) is 1.76. The van der Waals surface area contributed by atoms with Crippen molar-refractivity contribution >= 4 is 5.82 Å². The molecule has 0 radical (unpaired) electrons. The van der Waals surface area contributed by atoms with Gasteiger partial charge in [0, 0.05) is 11.6 Å². The topological polar surface area (TPSA) is 56.7 Å². The van der Waals surface area contributed by atoms with E-state index in [1.54, 1.807) is 16.8 Å². The summed E-state index contributed by atoms with van der Waals surface area (Å²) in [6, 6.07) is 6.37. The maximum absolute atomic E-state index is 13.1. The molecule has 0 spiro atoms. The summed E-state index contributed by atoms with van der Waals surface area (Å²) in [5.41, 5.74) is 7.10. The Morgan fingerprint density at radius 3 is 2.75 bits per heavy atom. The van der Waals surface area contributed by atoms with Crippen LogP contribution in [-0.2, 0) is 0 Å². The van der Waals surface area contributed by atoms with Crippen molar-refractivity contribution in [3.05, 3.63) is 30.1 Å². The van der Waals surface area contributed by atoms with Crippen LogP contribution < -0.4 is 5.73 Å². The van der Waals surface area contributed by atoms with Gasteiger partial charge in [-0.05, 0) is 26.0 Å². The zero-order chi connectivity index (χ0) is 11.7. The van der Waals surface area contributed by atoms with E-state index in [-0.39, 0.29) is 11.9 Å². The number of rotatable bonds is 2. The monoisotopic (exact) mass is 220 g/mol. The van der Waals surface area contributed by atoms with Crippen molar-refractivity contribution in [3.8, 4) is 11.3 Å². The minimum absolute atomic E-state index is 0.128. The first kappa shape index (κ1) is 10.6. The Labute approximate surface area is 92.9 Å². The fourth-order valence-electron chi connectivity index (χ4n) is 1.58. The Kier molecular flexibility index (Phi) is 2.60. The molecule has 0 unspecified atom stereocenters. The maximum Gasteiger partial charge on any atom is 0.174 e. The lowest BCUT2D eigenvalue weighted by atomic mass is 10.1. The van der Waals surface area contributed by atoms with Crippen molar-refractivity contribution in [2.75, 3.05) is 5.73 Å². The molecule has 2 aromatic rings. The van der Waals surface area contributed by atoms with Crippen LogP contribution in [0.1, 0.15) is 19.9 Å². The number of nitrogens with zero attached hydrogens (tertiary/aromatic N) is 3. The van der Waals surface area contributed by atoms with Crippen LogP contribution in [0.3, 0.4) is 0 Å². The fourth-order valence-corrected chi connectivity index (χ4v) is 1.58. The molecule has 0 atom stereocenters. The number of halogens is 1. The van der Waals surface area contributed by atoms with Crippen molar-refractivity contribution < 1.29 is 4.39 Å². The predicted octanol–water partition coefficient (Wildman–Crippen LogP) is 2.25. The van der Waals surface area contributed by atoms with Gasteiger partial charge in [0.05, 0.1) is 0 Å². The van der Waals surface area contributed by atoms with E-state index in [4.69, 9.17) is 5.73 Å². The molecule has 0 amide bonds. The molecule has 0 bridgehead atoms. The lowest BCUT2D eigenvalue weighted by Crippen LogP contribution is -2.05. The molecule has 0 aliphatic carbocycles. The number of nitrogen functional groups attached to an aromatic ring is 1. The largest absolute Gasteiger partial charge is 0.380 e. The minimum Gasteiger partial charge on any atom is -0.380 e. The molecule has 0 saturated heterocycles. The highest BCUT2D eigenvalue weighted by molar-refractivity contribution is 5.69. The van der Waals surface area contributed by atoms with Crippen LogP contribution in [0.4, 0.5) is 10.2 Å². The van der Waals surface area contributed by atoms with Crippen molar-refractivity contribution in [2.45, 2.75) is 19.9 Å². The molecule has 0 saturated carbocycles. The van der Waals surface area contributed by atoms with Crippen LogP contribution in [-0.4, -0.2) is 15.0 Å². The molecular formula is C11H13FN4. The Morgan fingerprint density at radius 2 is 2.12 bits per heavy atom. The van der Waals surface area contributed by atoms with Gasteiger partial charge in [-0.15, -0.1) is 5.10 Å². The molecule has 2 N–H and O–H groups in total. The maximum atomic E-state index is 13.1. The summed E-state index contributed by atoms with van der Waals surface area (Å²) < 4.78 is 14.8. The number of hydrogen-bond donors (Lipinski definition) is 1. The van der Waals surface area contributed by atoms with Crippen molar-refractivity contribution in [1.82, 2.24) is 15.0 Å². The van der Waals surface area contributed by atoms with E-state index in [0.717, 1.165) is 0 Å². The van der Waals surface area contributed by atoms with E-state index >= 15 is 0 Å². The Balaban J connectivity index is 2.59. The van der Waals surface area contributed by atoms with Gasteiger partial charge in [0.1, 0.15) is 11.5 Å². The number of nitrogens with two attached hydrogens (primary N) is 1. The highest BCUT2D eigenvalue weighted by atomic mass is 19.1. The summed E-state index contributed by atoms with van der Waals surface area (Å²) in [5, 5.41) is 7.75. The molecule has 1 heterocycles. The van der Waals surface area contributed by atoms with Gasteiger partial charge in [0.15, 0.2) is 5.82 Å². The third-order valence-electron chi connectivity index (χ3n) is 2.31. The molecule has 0 aliphatic rings. The van der Waals surface area contributed by atoms with Gasteiger partial charge in [-0.3, -0.25) is 0 Å². The summed E-state index contributed by atoms with van der Waals surface area (Å²) in [4.78, 5) is 0. The first-order valence-corrected chi connectivity index (χ1v) is 5.06. The second kappa shape index (κ2) is 3.92. The molecule has 16 heavy (non-hydrogen) atoms. The molecule has 1 aromatic carbocycles. The summed E-state index contributed by atoms with van der Waals surface area (Å²) in [6.45, 7) is 3.94. The average molecular weight is 220 g/mol. The first-order chi connectivity index (χ1) is 7.59. The second-order valence-corrected chi connectivity index (χ2v) is 3.87. The molecule has 0 fully saturated rings. The van der Waals surface area contributed by atoms with Gasteiger partial charge in [-0.2, -0.15) is 0 Å². The molecule has 2 rings (SSSR count). The minimum atomic E-state index is -0.298. The van der Waals surface area contributed by atoms with E-state index in [2.05, 4.69) is 10.3 Å². The lowest BCUT2D eigenvalue weighted by molar-refractivity contribution is 0.519. The van der Waals surface area contributed by atoms with Crippen LogP contribution in [0.2, 0.25) is 0 Å². The van der Waals surface area contributed by atoms with Gasteiger partial charge in [-0.25, -0.2) is 9.07 Å². The Hall–Kier alpha value is -1.91. The van der Waals surface area contributed by atoms with Crippen LogP contribution in [0, 0.1) is 5.82 Å². The quantitative estimate of drug-likeness (QED) is 0.844. The van der Waals surface area contributed by atoms with Gasteiger partial charge in [0.25, 0.3) is 0 Å². The highest BCUT2D eigenvalue weighted by Gasteiger charge is 2.14. The van der Waals surface area contributed by atoms with Gasteiger partial charge >= 0.3 is 0 Å². The number of hydrogen-bond acceptors (Lipinski definition) is 3. The zero-order valence-electron chi connectivity index (χ0n) is 9.18. The smallest absolute Gasteiger partial charge is 0.174 e. The van der Waals surface area contributed by atoms with Crippen molar-refractivity contribution in [2.24, 2.45) is 0 Å². The van der Waals surface area contributed by atoms with Gasteiger partial charge in [-0.1, -0.05) is 17.3 Å². The number of anilines is 1. The number of benzene rings is 1. The summed E-state index contributed by atoms with van der Waals surface area (Å²) in [7, 11) is 0. The SMILES string of the molecule is CC(C)n1nnc(N)c1-c1cccc(F)c1. The van der Waals surface area contributed by atoms with Crippen LogP contribution in [0.5, 0.6) is 0 Å². The molecule has 0 aliphatic heterocycles. The lowest BCUT2D eigenvalue weighted by Gasteiger charge is -2.09. The van der Waals surface area contributed by atoms with Crippen LogP contribution >= 0.6 is 0 Å². The Bertz CT molecular complexity index is 504. The van der Waals surface area contributed by atoms with Crippen molar-refractivity contribution in [1.29, 1.82) is 0 Å². The molecule has 1 aromatic heterocycles. The van der Waals surface area contributed by atoms with Gasteiger partial charge in [0.2, 0.25) is 0 Å². The van der Waals surface area contributed by atoms with Crippen molar-refractivity contribution in [3.63, 3.8) is 0 Å². The normalized spacial score (nSPS) is 11.0. The zero-order valence-corrected chi connectivity index (χ0v) is 9.18. The summed E-state index contributed by atoms with van der Waals surface area (Å²) in [5.74, 6) is 0.0210. The molecule has 4 nitrogen and oxygen atoms in total. The molecule has 5 heteroatoms. The van der Waals surface area contributed by atoms with E-state index in [1.165, 1.54) is 12.1 Å². The standard InChI is InChI=1S/C11H13FN4/c1-7(2)16-10(11(13)14-15-16)8-4-3-5-9(12)6-8/h3-7H,13H2,1-2H3. The summed E-state index contributed by atoms with van der Waals surface area (Å²) in [6.07, 6.45) is 0. The highest BCUT2D eigenvalue weighted by Crippen LogP contribution is 2.26. The fraction of sp³-hybridized carbons (Fsp3) is 0.273. The number of aromatic nitrogens is 3. The van der Waals surface area contributed by atoms with Crippen LogP contribution in [0.15, 0.2) is 24.3 Å². The van der Waals surface area contributed by atoms with E-state index < -0.39 is 0 Å². The molecular weight excluding hydrogens is 207 g/mol. The Morgan fingerprint density at radius 1 is 1.38 bits per heavy atom. The average Bonchev–Trinajstić information content (AvgIpc) is 2.60. The second-order valence-electron chi connectivity index (χ2n) is 3.87. The van der Waals surface area contributed by atoms with E-state index in [1.807, 2.05) is 13.8 Å². The van der Waals surface area contributed by atoms with Gasteiger partial charge < -0.3 is 5.73 Å². The third-order valence-corrected chi connectivity index (χ3v) is 2.31. The summed E-state index contributed by atoms with van der Waals surface area (Å²) >= 11 is 0. The van der Waals surface area contributed by atoms with E-state index in [9.17, 15) is 4.39 Å².